The summed E-state index contributed by atoms with van der Waals surface area (Å²) in [5, 5.41) is 0. The Morgan fingerprint density at radius 2 is 2.00 bits per heavy atom. The van der Waals surface area contributed by atoms with E-state index in [-0.39, 0.29) is 5.65 Å². The quantitative estimate of drug-likeness (QED) is 0.690. The number of pyridine rings is 1. The third kappa shape index (κ3) is 1.79. The van der Waals surface area contributed by atoms with E-state index in [4.69, 9.17) is 0 Å². The second kappa shape index (κ2) is 3.72. The lowest BCUT2D eigenvalue weighted by Gasteiger charge is -2.09. The lowest BCUT2D eigenvalue weighted by atomic mass is 10.3. The summed E-state index contributed by atoms with van der Waals surface area (Å²) in [5.74, 6) is 0. The van der Waals surface area contributed by atoms with Crippen LogP contribution < -0.4 is 5.56 Å². The first-order valence-corrected chi connectivity index (χ1v) is 5.23. The van der Waals surface area contributed by atoms with E-state index < -0.39 is 21.0 Å². The summed E-state index contributed by atoms with van der Waals surface area (Å²) in [6.07, 6.45) is -3.23. The Balaban J connectivity index is 2.90. The van der Waals surface area contributed by atoms with Crippen LogP contribution in [0.2, 0.25) is 0 Å². The van der Waals surface area contributed by atoms with E-state index in [2.05, 4.69) is 4.98 Å². The summed E-state index contributed by atoms with van der Waals surface area (Å²) < 4.78 is 38.3. The maximum absolute atomic E-state index is 12.5. The second-order valence-corrected chi connectivity index (χ2v) is 4.08. The van der Waals surface area contributed by atoms with Gasteiger partial charge in [0.1, 0.15) is 9.22 Å². The fraction of sp³-hybridized carbons (Fsp3) is 0.111. The number of aromatic nitrogens is 2. The monoisotopic (exact) mass is 340 g/mol. The lowest BCUT2D eigenvalue weighted by Crippen LogP contribution is -2.24. The normalized spacial score (nSPS) is 12.0. The first-order valence-electron chi connectivity index (χ1n) is 4.15. The molecule has 0 radical (unpaired) electrons. The van der Waals surface area contributed by atoms with Crippen molar-refractivity contribution in [3.05, 3.63) is 44.0 Å². The molecule has 0 bridgehead atoms. The topological polar surface area (TPSA) is 34.4 Å². The minimum Gasteiger partial charge on any atom is -0.268 e. The molecule has 0 aliphatic heterocycles. The van der Waals surface area contributed by atoms with Crippen molar-refractivity contribution in [3.63, 3.8) is 0 Å². The molecule has 0 aliphatic carbocycles. The summed E-state index contributed by atoms with van der Waals surface area (Å²) in [6.45, 7) is 0. The predicted molar refractivity (Wildman–Crippen MR) is 59.2 cm³/mol. The van der Waals surface area contributed by atoms with Crippen LogP contribution >= 0.6 is 22.6 Å². The molecule has 2 heterocycles. The van der Waals surface area contributed by atoms with E-state index in [0.717, 1.165) is 4.40 Å². The number of hydrogen-bond acceptors (Lipinski definition) is 2. The van der Waals surface area contributed by atoms with Gasteiger partial charge in [0.05, 0.1) is 0 Å². The van der Waals surface area contributed by atoms with E-state index in [0.29, 0.717) is 0 Å². The number of rotatable bonds is 0. The number of alkyl halides is 3. The summed E-state index contributed by atoms with van der Waals surface area (Å²) in [6, 6.07) is 4.43. The number of halogens is 4. The summed E-state index contributed by atoms with van der Waals surface area (Å²) in [4.78, 5) is 15.0. The zero-order valence-electron chi connectivity index (χ0n) is 7.62. The van der Waals surface area contributed by atoms with Crippen LogP contribution in [0, 0.1) is 3.57 Å². The molecule has 7 heteroatoms. The van der Waals surface area contributed by atoms with E-state index >= 15 is 0 Å². The summed E-state index contributed by atoms with van der Waals surface area (Å²) in [7, 11) is 0. The van der Waals surface area contributed by atoms with Crippen LogP contribution in [-0.2, 0) is 6.18 Å². The average molecular weight is 340 g/mol. The molecule has 0 unspecified atom stereocenters. The lowest BCUT2D eigenvalue weighted by molar-refractivity contribution is -0.141. The van der Waals surface area contributed by atoms with Crippen molar-refractivity contribution in [2.45, 2.75) is 6.18 Å². The summed E-state index contributed by atoms with van der Waals surface area (Å²) >= 11 is 1.36. The molecule has 0 N–H and O–H groups in total. The molecule has 0 fully saturated rings. The van der Waals surface area contributed by atoms with Crippen LogP contribution in [0.15, 0.2) is 29.2 Å². The van der Waals surface area contributed by atoms with Crippen LogP contribution in [-0.4, -0.2) is 9.38 Å². The van der Waals surface area contributed by atoms with Gasteiger partial charge >= 0.3 is 6.18 Å². The minimum absolute atomic E-state index is 0.0137. The fourth-order valence-corrected chi connectivity index (χ4v) is 1.94. The van der Waals surface area contributed by atoms with Gasteiger partial charge in [0.2, 0.25) is 0 Å². The van der Waals surface area contributed by atoms with E-state index in [9.17, 15) is 18.0 Å². The van der Waals surface area contributed by atoms with Crippen molar-refractivity contribution in [3.8, 4) is 0 Å². The first kappa shape index (κ1) is 11.4. The third-order valence-corrected chi connectivity index (χ3v) is 2.92. The molecule has 3 nitrogen and oxygen atoms in total. The van der Waals surface area contributed by atoms with E-state index in [1.807, 2.05) is 0 Å². The average Bonchev–Trinajstić information content (AvgIpc) is 2.22. The van der Waals surface area contributed by atoms with Crippen molar-refractivity contribution >= 4 is 28.2 Å². The Morgan fingerprint density at radius 3 is 2.62 bits per heavy atom. The van der Waals surface area contributed by atoms with Crippen LogP contribution in [0.3, 0.4) is 0 Å². The molecule has 0 saturated heterocycles. The van der Waals surface area contributed by atoms with Gasteiger partial charge in [0.25, 0.3) is 5.56 Å². The van der Waals surface area contributed by atoms with Crippen molar-refractivity contribution < 1.29 is 13.2 Å². The van der Waals surface area contributed by atoms with Crippen molar-refractivity contribution in [2.75, 3.05) is 0 Å². The van der Waals surface area contributed by atoms with Crippen LogP contribution in [0.25, 0.3) is 5.65 Å². The van der Waals surface area contributed by atoms with Crippen LogP contribution in [0.4, 0.5) is 13.2 Å². The van der Waals surface area contributed by atoms with Crippen LogP contribution in [0.1, 0.15) is 5.69 Å². The smallest absolute Gasteiger partial charge is 0.268 e. The molecule has 16 heavy (non-hydrogen) atoms. The van der Waals surface area contributed by atoms with Gasteiger partial charge in [-0.05, 0) is 34.7 Å². The van der Waals surface area contributed by atoms with Gasteiger partial charge < -0.3 is 0 Å². The predicted octanol–water partition coefficient (Wildman–Crippen LogP) is 2.32. The largest absolute Gasteiger partial charge is 0.434 e. The van der Waals surface area contributed by atoms with Gasteiger partial charge in [-0.3, -0.25) is 9.20 Å². The number of nitrogens with zero attached hydrogens (tertiary/aromatic N) is 2. The molecule has 0 atom stereocenters. The molecule has 0 saturated carbocycles. The third-order valence-electron chi connectivity index (χ3n) is 1.95. The molecule has 0 amide bonds. The highest BCUT2D eigenvalue weighted by atomic mass is 127. The molecule has 0 spiro atoms. The highest BCUT2D eigenvalue weighted by Crippen LogP contribution is 2.29. The fourth-order valence-electron chi connectivity index (χ4n) is 1.26. The van der Waals surface area contributed by atoms with Gasteiger partial charge in [-0.25, -0.2) is 4.98 Å². The second-order valence-electron chi connectivity index (χ2n) is 3.01. The number of fused-ring (bicyclic) bond motifs is 1. The van der Waals surface area contributed by atoms with Gasteiger partial charge in [0.15, 0.2) is 5.69 Å². The maximum Gasteiger partial charge on any atom is 0.434 e. The molecule has 2 rings (SSSR count). The number of hydrogen-bond donors (Lipinski definition) is 0. The van der Waals surface area contributed by atoms with Crippen molar-refractivity contribution in [1.82, 2.24) is 9.38 Å². The van der Waals surface area contributed by atoms with Gasteiger partial charge in [-0.15, -0.1) is 0 Å². The standard InChI is InChI=1S/C9H4F3IN2O/c10-9(11,12)7-6(13)8(16)15-4-2-1-3-5(15)14-7/h1-4H. The van der Waals surface area contributed by atoms with Crippen LogP contribution in [0.5, 0.6) is 0 Å². The Labute approximate surface area is 101 Å². The molecule has 2 aromatic heterocycles. The molecular formula is C9H4F3IN2O. The minimum atomic E-state index is -4.61. The molecule has 0 aromatic carbocycles. The molecule has 0 aliphatic rings. The Hall–Kier alpha value is -1.12. The van der Waals surface area contributed by atoms with E-state index in [1.54, 1.807) is 6.07 Å². The van der Waals surface area contributed by atoms with E-state index in [1.165, 1.54) is 40.9 Å². The Bertz CT molecular complexity index is 606. The first-order chi connectivity index (χ1) is 7.41. The zero-order valence-corrected chi connectivity index (χ0v) is 9.78. The Kier molecular flexibility index (Phi) is 2.64. The maximum atomic E-state index is 12.5. The molecule has 84 valence electrons. The summed E-state index contributed by atoms with van der Waals surface area (Å²) in [5.41, 5.74) is -1.86. The van der Waals surface area contributed by atoms with Gasteiger partial charge in [0, 0.05) is 6.20 Å². The van der Waals surface area contributed by atoms with Crippen molar-refractivity contribution in [2.24, 2.45) is 0 Å². The van der Waals surface area contributed by atoms with Crippen molar-refractivity contribution in [1.29, 1.82) is 0 Å². The highest BCUT2D eigenvalue weighted by molar-refractivity contribution is 14.1. The molecule has 2 aromatic rings. The molecular weight excluding hydrogens is 336 g/mol. The highest BCUT2D eigenvalue weighted by Gasteiger charge is 2.36. The van der Waals surface area contributed by atoms with Gasteiger partial charge in [-0.1, -0.05) is 6.07 Å². The Morgan fingerprint density at radius 1 is 1.31 bits per heavy atom. The van der Waals surface area contributed by atoms with Gasteiger partial charge in [-0.2, -0.15) is 13.2 Å². The SMILES string of the molecule is O=c1c(I)c(C(F)(F)F)nc2ccccn12. The zero-order chi connectivity index (χ0) is 11.9.